The average molecular weight is 382 g/mol. The van der Waals surface area contributed by atoms with Gasteiger partial charge in [0.2, 0.25) is 0 Å². The molecule has 0 bridgehead atoms. The standard InChI is InChI=1S/C20H16F2N4O2/c21-13-3-1-4-14(22)19(13)15-5-2-6-16(25-15)20(27)26-17-11-23-8-7-18(17)28-12-9-24-10-12/h1-8,11-12,24H,9-10H2,(H,26,27). The van der Waals surface area contributed by atoms with E-state index in [0.717, 1.165) is 25.2 Å². The molecule has 4 rings (SSSR count). The van der Waals surface area contributed by atoms with Crippen molar-refractivity contribution in [3.63, 3.8) is 0 Å². The van der Waals surface area contributed by atoms with E-state index in [2.05, 4.69) is 20.6 Å². The average Bonchev–Trinajstić information content (AvgIpc) is 2.66. The number of halogens is 2. The van der Waals surface area contributed by atoms with E-state index in [1.807, 2.05) is 0 Å². The van der Waals surface area contributed by atoms with Gasteiger partial charge in [-0.05, 0) is 24.3 Å². The van der Waals surface area contributed by atoms with Crippen molar-refractivity contribution in [2.24, 2.45) is 0 Å². The fourth-order valence-electron chi connectivity index (χ4n) is 2.73. The van der Waals surface area contributed by atoms with Crippen molar-refractivity contribution < 1.29 is 18.3 Å². The van der Waals surface area contributed by atoms with Crippen molar-refractivity contribution in [3.05, 3.63) is 72.2 Å². The molecule has 1 fully saturated rings. The molecule has 1 aromatic carbocycles. The number of nitrogens with zero attached hydrogens (tertiary/aromatic N) is 2. The van der Waals surface area contributed by atoms with Crippen LogP contribution >= 0.6 is 0 Å². The van der Waals surface area contributed by atoms with E-state index in [4.69, 9.17) is 4.74 Å². The largest absolute Gasteiger partial charge is 0.485 e. The summed E-state index contributed by atoms with van der Waals surface area (Å²) in [4.78, 5) is 20.7. The Balaban J connectivity index is 1.58. The number of pyridine rings is 2. The Morgan fingerprint density at radius 2 is 1.86 bits per heavy atom. The monoisotopic (exact) mass is 382 g/mol. The fraction of sp³-hybridized carbons (Fsp3) is 0.150. The van der Waals surface area contributed by atoms with Crippen LogP contribution in [0.2, 0.25) is 0 Å². The molecule has 0 atom stereocenters. The van der Waals surface area contributed by atoms with Gasteiger partial charge >= 0.3 is 0 Å². The van der Waals surface area contributed by atoms with Crippen molar-refractivity contribution in [2.45, 2.75) is 6.10 Å². The van der Waals surface area contributed by atoms with Crippen molar-refractivity contribution in [3.8, 4) is 17.0 Å². The lowest BCUT2D eigenvalue weighted by molar-refractivity contribution is 0.102. The number of ether oxygens (including phenoxy) is 1. The van der Waals surface area contributed by atoms with Gasteiger partial charge < -0.3 is 15.4 Å². The molecule has 2 N–H and O–H groups in total. The summed E-state index contributed by atoms with van der Waals surface area (Å²) >= 11 is 0. The third kappa shape index (κ3) is 3.67. The van der Waals surface area contributed by atoms with E-state index < -0.39 is 17.5 Å². The number of carbonyl (C=O) groups is 1. The Morgan fingerprint density at radius 1 is 1.11 bits per heavy atom. The first-order valence-electron chi connectivity index (χ1n) is 8.66. The molecule has 142 valence electrons. The molecule has 3 aromatic rings. The highest BCUT2D eigenvalue weighted by Gasteiger charge is 2.21. The summed E-state index contributed by atoms with van der Waals surface area (Å²) < 4.78 is 33.8. The van der Waals surface area contributed by atoms with Crippen LogP contribution in [-0.4, -0.2) is 35.1 Å². The van der Waals surface area contributed by atoms with E-state index >= 15 is 0 Å². The van der Waals surface area contributed by atoms with E-state index in [1.54, 1.807) is 12.3 Å². The van der Waals surface area contributed by atoms with Gasteiger partial charge in [-0.15, -0.1) is 0 Å². The van der Waals surface area contributed by atoms with Gasteiger partial charge in [0.25, 0.3) is 5.91 Å². The molecule has 1 aliphatic heterocycles. The number of nitrogens with one attached hydrogen (secondary N) is 2. The topological polar surface area (TPSA) is 76.1 Å². The van der Waals surface area contributed by atoms with Crippen LogP contribution in [-0.2, 0) is 0 Å². The molecular formula is C20H16F2N4O2. The molecule has 0 radical (unpaired) electrons. The van der Waals surface area contributed by atoms with Gasteiger partial charge in [-0.25, -0.2) is 13.8 Å². The minimum atomic E-state index is -0.748. The maximum atomic E-state index is 14.0. The van der Waals surface area contributed by atoms with Crippen LogP contribution in [0.4, 0.5) is 14.5 Å². The normalized spacial score (nSPS) is 13.6. The first kappa shape index (κ1) is 18.0. The molecule has 1 aliphatic rings. The molecular weight excluding hydrogens is 366 g/mol. The van der Waals surface area contributed by atoms with Crippen LogP contribution in [0.15, 0.2) is 54.9 Å². The lowest BCUT2D eigenvalue weighted by Crippen LogP contribution is -2.50. The first-order chi connectivity index (χ1) is 13.6. The summed E-state index contributed by atoms with van der Waals surface area (Å²) in [7, 11) is 0. The van der Waals surface area contributed by atoms with Gasteiger partial charge in [-0.3, -0.25) is 9.78 Å². The van der Waals surface area contributed by atoms with Crippen molar-refractivity contribution >= 4 is 11.6 Å². The zero-order chi connectivity index (χ0) is 19.5. The van der Waals surface area contributed by atoms with Gasteiger partial charge in [0.15, 0.2) is 0 Å². The molecule has 6 nitrogen and oxygen atoms in total. The summed E-state index contributed by atoms with van der Waals surface area (Å²) in [5.41, 5.74) is 0.162. The van der Waals surface area contributed by atoms with Crippen molar-refractivity contribution in [1.29, 1.82) is 0 Å². The van der Waals surface area contributed by atoms with Crippen molar-refractivity contribution in [2.75, 3.05) is 18.4 Å². The quantitative estimate of drug-likeness (QED) is 0.710. The van der Waals surface area contributed by atoms with E-state index in [0.29, 0.717) is 11.4 Å². The second-order valence-electron chi connectivity index (χ2n) is 6.23. The Labute approximate surface area is 159 Å². The third-order valence-electron chi connectivity index (χ3n) is 4.27. The number of hydrogen-bond donors (Lipinski definition) is 2. The highest BCUT2D eigenvalue weighted by atomic mass is 19.1. The number of carbonyl (C=O) groups excluding carboxylic acids is 1. The smallest absolute Gasteiger partial charge is 0.274 e. The van der Waals surface area contributed by atoms with Gasteiger partial charge in [0.05, 0.1) is 17.5 Å². The van der Waals surface area contributed by atoms with Crippen LogP contribution < -0.4 is 15.4 Å². The SMILES string of the molecule is O=C(Nc1cnccc1OC1CNC1)c1cccc(-c2c(F)cccc2F)n1. The number of hydrogen-bond acceptors (Lipinski definition) is 5. The zero-order valence-corrected chi connectivity index (χ0v) is 14.7. The summed E-state index contributed by atoms with van der Waals surface area (Å²) in [6, 6.07) is 9.64. The molecule has 0 saturated carbocycles. The number of aromatic nitrogens is 2. The maximum absolute atomic E-state index is 14.0. The number of benzene rings is 1. The summed E-state index contributed by atoms with van der Waals surface area (Å²) in [6.07, 6.45) is 3.07. The van der Waals surface area contributed by atoms with Crippen molar-refractivity contribution in [1.82, 2.24) is 15.3 Å². The van der Waals surface area contributed by atoms with Gasteiger partial charge in [-0.1, -0.05) is 12.1 Å². The number of anilines is 1. The fourth-order valence-corrected chi connectivity index (χ4v) is 2.73. The summed E-state index contributed by atoms with van der Waals surface area (Å²) in [5, 5.41) is 5.79. The molecule has 8 heteroatoms. The van der Waals surface area contributed by atoms with Crippen LogP contribution in [0.1, 0.15) is 10.5 Å². The Bertz CT molecular complexity index is 1000. The van der Waals surface area contributed by atoms with Gasteiger partial charge in [0, 0.05) is 25.4 Å². The minimum absolute atomic E-state index is 0.0141. The van der Waals surface area contributed by atoms with E-state index in [1.165, 1.54) is 30.5 Å². The Hall–Kier alpha value is -3.39. The molecule has 2 aromatic heterocycles. The predicted octanol–water partition coefficient (Wildman–Crippen LogP) is 3.02. The molecule has 0 unspecified atom stereocenters. The molecule has 1 saturated heterocycles. The Morgan fingerprint density at radius 3 is 2.57 bits per heavy atom. The molecule has 0 aliphatic carbocycles. The lowest BCUT2D eigenvalue weighted by Gasteiger charge is -2.28. The number of rotatable bonds is 5. The first-order valence-corrected chi connectivity index (χ1v) is 8.66. The molecule has 3 heterocycles. The minimum Gasteiger partial charge on any atom is -0.485 e. The van der Waals surface area contributed by atoms with Crippen LogP contribution in [0.3, 0.4) is 0 Å². The predicted molar refractivity (Wildman–Crippen MR) is 99.1 cm³/mol. The molecule has 28 heavy (non-hydrogen) atoms. The van der Waals surface area contributed by atoms with E-state index in [-0.39, 0.29) is 23.1 Å². The third-order valence-corrected chi connectivity index (χ3v) is 4.27. The van der Waals surface area contributed by atoms with Crippen LogP contribution in [0.25, 0.3) is 11.3 Å². The second kappa shape index (κ2) is 7.69. The lowest BCUT2D eigenvalue weighted by atomic mass is 10.1. The molecule has 0 spiro atoms. The van der Waals surface area contributed by atoms with Crippen LogP contribution in [0, 0.1) is 11.6 Å². The highest BCUT2D eigenvalue weighted by molar-refractivity contribution is 6.03. The second-order valence-corrected chi connectivity index (χ2v) is 6.23. The Kier molecular flexibility index (Phi) is 4.94. The molecule has 1 amide bonds. The zero-order valence-electron chi connectivity index (χ0n) is 14.7. The van der Waals surface area contributed by atoms with Gasteiger partial charge in [-0.2, -0.15) is 0 Å². The number of amides is 1. The maximum Gasteiger partial charge on any atom is 0.274 e. The highest BCUT2D eigenvalue weighted by Crippen LogP contribution is 2.26. The summed E-state index contributed by atoms with van der Waals surface area (Å²) in [5.74, 6) is -1.54. The van der Waals surface area contributed by atoms with Gasteiger partial charge in [0.1, 0.15) is 34.9 Å². The van der Waals surface area contributed by atoms with Crippen LogP contribution in [0.5, 0.6) is 5.75 Å². The summed E-state index contributed by atoms with van der Waals surface area (Å²) in [6.45, 7) is 1.46. The van der Waals surface area contributed by atoms with E-state index in [9.17, 15) is 13.6 Å².